The average Bonchev–Trinajstić information content (AvgIpc) is 2.73. The fraction of sp³-hybridized carbons (Fsp3) is 0.389. The second-order valence-corrected chi connectivity index (χ2v) is 6.08. The molecule has 136 valence electrons. The van der Waals surface area contributed by atoms with Crippen molar-refractivity contribution in [3.8, 4) is 17.4 Å². The Morgan fingerprint density at radius 2 is 1.92 bits per heavy atom. The predicted octanol–water partition coefficient (Wildman–Crippen LogP) is 0.974. The van der Waals surface area contributed by atoms with E-state index in [9.17, 15) is 4.79 Å². The lowest BCUT2D eigenvalue weighted by molar-refractivity contribution is -0.141. The van der Waals surface area contributed by atoms with Crippen LogP contribution in [0.25, 0.3) is 0 Å². The first-order chi connectivity index (χ1) is 12.7. The highest BCUT2D eigenvalue weighted by atomic mass is 16.6. The largest absolute Gasteiger partial charge is 0.485 e. The number of hydrogen-bond acceptors (Lipinski definition) is 7. The van der Waals surface area contributed by atoms with Crippen LogP contribution in [0, 0.1) is 0 Å². The van der Waals surface area contributed by atoms with Crippen molar-refractivity contribution < 1.29 is 19.0 Å². The Morgan fingerprint density at radius 1 is 1.15 bits per heavy atom. The highest BCUT2D eigenvalue weighted by Crippen LogP contribution is 2.31. The molecule has 1 saturated heterocycles. The number of aromatic nitrogens is 2. The lowest BCUT2D eigenvalue weighted by Crippen LogP contribution is -2.54. The van der Waals surface area contributed by atoms with Crippen molar-refractivity contribution in [3.05, 3.63) is 36.5 Å². The number of fused-ring (bicyclic) bond motifs is 1. The van der Waals surface area contributed by atoms with Gasteiger partial charge in [0, 0.05) is 38.4 Å². The Morgan fingerprint density at radius 3 is 2.69 bits per heavy atom. The zero-order chi connectivity index (χ0) is 17.9. The number of ether oxygens (including phenoxy) is 3. The maximum Gasteiger partial charge on any atom is 0.267 e. The fourth-order valence-electron chi connectivity index (χ4n) is 3.07. The van der Waals surface area contributed by atoms with Gasteiger partial charge in [-0.15, -0.1) is 0 Å². The molecule has 4 rings (SSSR count). The first-order valence-corrected chi connectivity index (χ1v) is 8.54. The summed E-state index contributed by atoms with van der Waals surface area (Å²) in [4.78, 5) is 25.2. The van der Waals surface area contributed by atoms with Gasteiger partial charge in [-0.25, -0.2) is 4.98 Å². The minimum atomic E-state index is -0.607. The molecule has 0 saturated carbocycles. The molecule has 0 radical (unpaired) electrons. The van der Waals surface area contributed by atoms with E-state index in [4.69, 9.17) is 14.2 Å². The number of carbonyl (C=O) groups is 1. The van der Waals surface area contributed by atoms with E-state index >= 15 is 0 Å². The Kier molecular flexibility index (Phi) is 4.47. The highest BCUT2D eigenvalue weighted by molar-refractivity contribution is 5.82. The van der Waals surface area contributed by atoms with Gasteiger partial charge < -0.3 is 24.0 Å². The minimum Gasteiger partial charge on any atom is -0.485 e. The molecule has 8 heteroatoms. The van der Waals surface area contributed by atoms with Crippen LogP contribution in [0.1, 0.15) is 0 Å². The Balaban J connectivity index is 1.37. The van der Waals surface area contributed by atoms with Gasteiger partial charge in [-0.1, -0.05) is 12.1 Å². The molecule has 1 atom stereocenters. The van der Waals surface area contributed by atoms with E-state index in [-0.39, 0.29) is 12.5 Å². The molecule has 0 N–H and O–H groups in total. The van der Waals surface area contributed by atoms with Crippen molar-refractivity contribution in [2.75, 3.05) is 44.8 Å². The van der Waals surface area contributed by atoms with Gasteiger partial charge in [0.15, 0.2) is 11.5 Å². The number of para-hydroxylation sites is 2. The van der Waals surface area contributed by atoms with Crippen LogP contribution in [-0.2, 0) is 4.79 Å². The summed E-state index contributed by atoms with van der Waals surface area (Å²) < 4.78 is 16.6. The molecule has 0 aliphatic carbocycles. The molecule has 0 spiro atoms. The van der Waals surface area contributed by atoms with E-state index in [1.807, 2.05) is 29.2 Å². The van der Waals surface area contributed by atoms with Gasteiger partial charge in [-0.2, -0.15) is 4.98 Å². The summed E-state index contributed by atoms with van der Waals surface area (Å²) in [7, 11) is 1.58. The van der Waals surface area contributed by atoms with E-state index in [1.165, 1.54) is 0 Å². The lowest BCUT2D eigenvalue weighted by atomic mass is 10.2. The summed E-state index contributed by atoms with van der Waals surface area (Å²) in [5.74, 6) is 2.38. The maximum atomic E-state index is 12.8. The van der Waals surface area contributed by atoms with E-state index < -0.39 is 6.10 Å². The van der Waals surface area contributed by atoms with Crippen LogP contribution in [0.15, 0.2) is 36.5 Å². The molecule has 2 aliphatic heterocycles. The SMILES string of the molecule is COc1ccnc(N2CCN(C(=O)C3COc4ccccc4O3)CC2)n1. The van der Waals surface area contributed by atoms with Crippen LogP contribution in [-0.4, -0.2) is 66.8 Å². The number of rotatable bonds is 3. The third kappa shape index (κ3) is 3.22. The number of hydrogen-bond donors (Lipinski definition) is 0. The molecule has 1 aromatic heterocycles. The monoisotopic (exact) mass is 356 g/mol. The zero-order valence-corrected chi connectivity index (χ0v) is 14.5. The zero-order valence-electron chi connectivity index (χ0n) is 14.5. The molecule has 2 aromatic rings. The van der Waals surface area contributed by atoms with Crippen LogP contribution in [0.3, 0.4) is 0 Å². The van der Waals surface area contributed by atoms with Gasteiger partial charge in [0.2, 0.25) is 17.9 Å². The van der Waals surface area contributed by atoms with Gasteiger partial charge >= 0.3 is 0 Å². The smallest absolute Gasteiger partial charge is 0.267 e. The Hall–Kier alpha value is -3.03. The van der Waals surface area contributed by atoms with Crippen LogP contribution < -0.4 is 19.1 Å². The molecule has 1 aromatic carbocycles. The third-order valence-corrected chi connectivity index (χ3v) is 4.48. The minimum absolute atomic E-state index is 0.0503. The van der Waals surface area contributed by atoms with Crippen LogP contribution in [0.5, 0.6) is 17.4 Å². The first-order valence-electron chi connectivity index (χ1n) is 8.54. The molecule has 8 nitrogen and oxygen atoms in total. The van der Waals surface area contributed by atoms with Crippen LogP contribution in [0.2, 0.25) is 0 Å². The second kappa shape index (κ2) is 7.07. The van der Waals surface area contributed by atoms with Gasteiger partial charge in [0.25, 0.3) is 5.91 Å². The summed E-state index contributed by atoms with van der Waals surface area (Å²) >= 11 is 0. The van der Waals surface area contributed by atoms with Crippen LogP contribution in [0.4, 0.5) is 5.95 Å². The van der Waals surface area contributed by atoms with Crippen molar-refractivity contribution in [2.24, 2.45) is 0 Å². The van der Waals surface area contributed by atoms with E-state index in [2.05, 4.69) is 9.97 Å². The van der Waals surface area contributed by atoms with Gasteiger partial charge in [0.05, 0.1) is 7.11 Å². The number of anilines is 1. The molecule has 0 bridgehead atoms. The van der Waals surface area contributed by atoms with Crippen molar-refractivity contribution >= 4 is 11.9 Å². The first kappa shape index (κ1) is 16.4. The number of methoxy groups -OCH3 is 1. The van der Waals surface area contributed by atoms with E-state index in [1.54, 1.807) is 24.3 Å². The summed E-state index contributed by atoms with van der Waals surface area (Å²) in [6, 6.07) is 9.10. The number of nitrogens with zero attached hydrogens (tertiary/aromatic N) is 4. The Bertz CT molecular complexity index is 792. The molecule has 2 aliphatic rings. The van der Waals surface area contributed by atoms with Crippen molar-refractivity contribution in [2.45, 2.75) is 6.10 Å². The summed E-state index contributed by atoms with van der Waals surface area (Å²) in [6.45, 7) is 2.71. The molecule has 26 heavy (non-hydrogen) atoms. The lowest BCUT2D eigenvalue weighted by Gasteiger charge is -2.37. The fourth-order valence-corrected chi connectivity index (χ4v) is 3.07. The summed E-state index contributed by atoms with van der Waals surface area (Å²) in [5.41, 5.74) is 0. The van der Waals surface area contributed by atoms with Gasteiger partial charge in [-0.3, -0.25) is 4.79 Å². The highest BCUT2D eigenvalue weighted by Gasteiger charge is 2.33. The van der Waals surface area contributed by atoms with Crippen molar-refractivity contribution in [1.82, 2.24) is 14.9 Å². The van der Waals surface area contributed by atoms with Crippen LogP contribution >= 0.6 is 0 Å². The molecular weight excluding hydrogens is 336 g/mol. The predicted molar refractivity (Wildman–Crippen MR) is 93.7 cm³/mol. The number of benzene rings is 1. The second-order valence-electron chi connectivity index (χ2n) is 6.08. The maximum absolute atomic E-state index is 12.8. The number of amides is 1. The van der Waals surface area contributed by atoms with E-state index in [0.29, 0.717) is 49.5 Å². The van der Waals surface area contributed by atoms with Gasteiger partial charge in [0.1, 0.15) is 6.61 Å². The molecule has 1 fully saturated rings. The number of carbonyl (C=O) groups excluding carboxylic acids is 1. The summed E-state index contributed by atoms with van der Waals surface area (Å²) in [6.07, 6.45) is 1.06. The molecular formula is C18H20N4O4. The molecule has 1 unspecified atom stereocenters. The third-order valence-electron chi connectivity index (χ3n) is 4.48. The topological polar surface area (TPSA) is 77.0 Å². The van der Waals surface area contributed by atoms with E-state index in [0.717, 1.165) is 0 Å². The quantitative estimate of drug-likeness (QED) is 0.811. The van der Waals surface area contributed by atoms with Crippen molar-refractivity contribution in [1.29, 1.82) is 0 Å². The standard InChI is InChI=1S/C18H20N4O4/c1-24-16-6-7-19-18(20-16)22-10-8-21(9-11-22)17(23)15-12-25-13-4-2-3-5-14(13)26-15/h2-7,15H,8-12H2,1H3. The average molecular weight is 356 g/mol. The normalized spacial score (nSPS) is 19.2. The summed E-state index contributed by atoms with van der Waals surface area (Å²) in [5, 5.41) is 0. The number of piperazine rings is 1. The molecule has 3 heterocycles. The van der Waals surface area contributed by atoms with Gasteiger partial charge in [-0.05, 0) is 12.1 Å². The Labute approximate surface area is 151 Å². The molecule has 1 amide bonds. The van der Waals surface area contributed by atoms with Crippen molar-refractivity contribution in [3.63, 3.8) is 0 Å².